The molecule has 18 heavy (non-hydrogen) atoms. The Morgan fingerprint density at radius 3 is 2.44 bits per heavy atom. The summed E-state index contributed by atoms with van der Waals surface area (Å²) in [6.07, 6.45) is 3.73. The molecule has 0 radical (unpaired) electrons. The minimum Gasteiger partial charge on any atom is -0.195 e. The third kappa shape index (κ3) is 4.00. The molecular weight excluding hydrogens is 292 g/mol. The number of thioether (sulfide) groups is 1. The summed E-state index contributed by atoms with van der Waals surface area (Å²) in [7, 11) is -1.63. The van der Waals surface area contributed by atoms with Crippen LogP contribution in [0, 0.1) is 5.92 Å². The van der Waals surface area contributed by atoms with E-state index in [1.165, 1.54) is 4.31 Å². The Kier molecular flexibility index (Phi) is 6.75. The quantitative estimate of drug-likeness (QED) is 0.703. The van der Waals surface area contributed by atoms with Crippen molar-refractivity contribution in [2.75, 3.05) is 38.0 Å². The highest BCUT2D eigenvalue weighted by Crippen LogP contribution is 2.22. The maximum absolute atomic E-state index is 12.4. The van der Waals surface area contributed by atoms with E-state index in [-0.39, 0.29) is 6.04 Å². The minimum atomic E-state index is -3.30. The number of alkyl halides is 1. The average Bonchev–Trinajstić information content (AvgIpc) is 2.38. The van der Waals surface area contributed by atoms with Gasteiger partial charge >= 0.3 is 0 Å². The van der Waals surface area contributed by atoms with Gasteiger partial charge in [0.1, 0.15) is 0 Å². The van der Waals surface area contributed by atoms with Crippen LogP contribution in [-0.4, -0.2) is 61.1 Å². The smallest absolute Gasteiger partial charge is 0.195 e. The number of piperidine rings is 1. The van der Waals surface area contributed by atoms with Crippen molar-refractivity contribution in [3.8, 4) is 0 Å². The van der Waals surface area contributed by atoms with E-state index in [2.05, 4.69) is 0 Å². The third-order valence-electron chi connectivity index (χ3n) is 3.51. The molecule has 4 nitrogen and oxygen atoms in total. The first-order valence-corrected chi connectivity index (χ1v) is 9.54. The van der Waals surface area contributed by atoms with Crippen molar-refractivity contribution in [3.05, 3.63) is 0 Å². The molecule has 7 heteroatoms. The molecule has 0 spiro atoms. The van der Waals surface area contributed by atoms with Crippen LogP contribution in [0.3, 0.4) is 0 Å². The largest absolute Gasteiger partial charge is 0.281 e. The number of hydrogen-bond acceptors (Lipinski definition) is 3. The van der Waals surface area contributed by atoms with E-state index < -0.39 is 10.2 Å². The standard InChI is InChI=1S/C11H23ClN2O2S2/c1-10(9-17-3)13(2)18(15,16)14-6-4-11(8-12)5-7-14/h10-11H,4-9H2,1-3H3. The lowest BCUT2D eigenvalue weighted by molar-refractivity contribution is 0.265. The molecule has 0 saturated carbocycles. The van der Waals surface area contributed by atoms with Gasteiger partial charge in [0.15, 0.2) is 0 Å². The van der Waals surface area contributed by atoms with Gasteiger partial charge in [-0.25, -0.2) is 0 Å². The van der Waals surface area contributed by atoms with Gasteiger partial charge in [0.25, 0.3) is 10.2 Å². The van der Waals surface area contributed by atoms with Crippen molar-refractivity contribution in [2.24, 2.45) is 5.92 Å². The molecular formula is C11H23ClN2O2S2. The molecule has 0 N–H and O–H groups in total. The van der Waals surface area contributed by atoms with Crippen molar-refractivity contribution in [2.45, 2.75) is 25.8 Å². The number of nitrogens with zero attached hydrogens (tertiary/aromatic N) is 2. The van der Waals surface area contributed by atoms with Crippen LogP contribution < -0.4 is 0 Å². The molecule has 1 aliphatic heterocycles. The molecule has 1 rings (SSSR count). The molecule has 1 atom stereocenters. The van der Waals surface area contributed by atoms with Gasteiger partial charge < -0.3 is 0 Å². The average molecular weight is 315 g/mol. The lowest BCUT2D eigenvalue weighted by Crippen LogP contribution is -2.49. The molecule has 1 aliphatic rings. The molecule has 0 bridgehead atoms. The van der Waals surface area contributed by atoms with Gasteiger partial charge in [-0.3, -0.25) is 0 Å². The fraction of sp³-hybridized carbons (Fsp3) is 1.00. The molecule has 1 fully saturated rings. The predicted molar refractivity (Wildman–Crippen MR) is 79.5 cm³/mol. The monoisotopic (exact) mass is 314 g/mol. The Labute approximate surface area is 120 Å². The van der Waals surface area contributed by atoms with Crippen molar-refractivity contribution in [1.82, 2.24) is 8.61 Å². The molecule has 1 saturated heterocycles. The second-order valence-electron chi connectivity index (χ2n) is 4.83. The third-order valence-corrected chi connectivity index (χ3v) is 6.87. The van der Waals surface area contributed by atoms with E-state index in [0.29, 0.717) is 24.9 Å². The van der Waals surface area contributed by atoms with Crippen molar-refractivity contribution < 1.29 is 8.42 Å². The van der Waals surface area contributed by atoms with Crippen LogP contribution in [0.5, 0.6) is 0 Å². The molecule has 0 aromatic heterocycles. The summed E-state index contributed by atoms with van der Waals surface area (Å²) in [5.74, 6) is 1.91. The zero-order chi connectivity index (χ0) is 13.8. The molecule has 0 amide bonds. The SMILES string of the molecule is CSCC(C)N(C)S(=O)(=O)N1CCC(CCl)CC1. The summed E-state index contributed by atoms with van der Waals surface area (Å²) >= 11 is 7.48. The van der Waals surface area contributed by atoms with E-state index >= 15 is 0 Å². The van der Waals surface area contributed by atoms with E-state index in [0.717, 1.165) is 18.6 Å². The molecule has 0 aromatic rings. The van der Waals surface area contributed by atoms with E-state index in [1.807, 2.05) is 13.2 Å². The van der Waals surface area contributed by atoms with E-state index in [4.69, 9.17) is 11.6 Å². The minimum absolute atomic E-state index is 0.0238. The maximum Gasteiger partial charge on any atom is 0.281 e. The van der Waals surface area contributed by atoms with Crippen molar-refractivity contribution in [3.63, 3.8) is 0 Å². The molecule has 0 aliphatic carbocycles. The zero-order valence-corrected chi connectivity index (χ0v) is 13.7. The highest BCUT2D eigenvalue weighted by atomic mass is 35.5. The Hall–Kier alpha value is 0.510. The van der Waals surface area contributed by atoms with Crippen LogP contribution in [0.15, 0.2) is 0 Å². The van der Waals surface area contributed by atoms with E-state index in [1.54, 1.807) is 23.1 Å². The second kappa shape index (κ2) is 7.33. The van der Waals surface area contributed by atoms with Crippen LogP contribution >= 0.6 is 23.4 Å². The van der Waals surface area contributed by atoms with Crippen LogP contribution in [-0.2, 0) is 10.2 Å². The normalized spacial score (nSPS) is 21.4. The predicted octanol–water partition coefficient (Wildman–Crippen LogP) is 1.87. The van der Waals surface area contributed by atoms with Crippen LogP contribution in [0.2, 0.25) is 0 Å². The first kappa shape index (κ1) is 16.6. The Bertz CT molecular complexity index is 343. The summed E-state index contributed by atoms with van der Waals surface area (Å²) in [6.45, 7) is 3.13. The molecule has 1 heterocycles. The van der Waals surface area contributed by atoms with Gasteiger partial charge in [0.05, 0.1) is 0 Å². The number of halogens is 1. The Balaban J connectivity index is 2.64. The Morgan fingerprint density at radius 1 is 1.44 bits per heavy atom. The first-order chi connectivity index (χ1) is 8.43. The Morgan fingerprint density at radius 2 is 2.00 bits per heavy atom. The lowest BCUT2D eigenvalue weighted by atomic mass is 10.0. The first-order valence-electron chi connectivity index (χ1n) is 6.21. The molecule has 108 valence electrons. The lowest BCUT2D eigenvalue weighted by Gasteiger charge is -2.35. The highest BCUT2D eigenvalue weighted by Gasteiger charge is 2.32. The van der Waals surface area contributed by atoms with Gasteiger partial charge in [-0.05, 0) is 31.9 Å². The van der Waals surface area contributed by atoms with Crippen LogP contribution in [0.1, 0.15) is 19.8 Å². The van der Waals surface area contributed by atoms with Crippen molar-refractivity contribution in [1.29, 1.82) is 0 Å². The zero-order valence-electron chi connectivity index (χ0n) is 11.3. The summed E-state index contributed by atoms with van der Waals surface area (Å²) < 4.78 is 27.9. The second-order valence-corrected chi connectivity index (χ2v) is 8.03. The summed E-state index contributed by atoms with van der Waals surface area (Å²) in [5, 5.41) is 0. The number of hydrogen-bond donors (Lipinski definition) is 0. The summed E-state index contributed by atoms with van der Waals surface area (Å²) in [6, 6.07) is 0.0238. The van der Waals surface area contributed by atoms with Gasteiger partial charge in [-0.1, -0.05) is 0 Å². The fourth-order valence-corrected chi connectivity index (χ4v) is 4.72. The van der Waals surface area contributed by atoms with Gasteiger partial charge in [0, 0.05) is 37.8 Å². The van der Waals surface area contributed by atoms with Gasteiger partial charge in [-0.2, -0.15) is 28.8 Å². The van der Waals surface area contributed by atoms with Crippen LogP contribution in [0.4, 0.5) is 0 Å². The molecule has 0 aromatic carbocycles. The van der Waals surface area contributed by atoms with Gasteiger partial charge in [0.2, 0.25) is 0 Å². The van der Waals surface area contributed by atoms with Gasteiger partial charge in [-0.15, -0.1) is 11.6 Å². The topological polar surface area (TPSA) is 40.6 Å². The fourth-order valence-electron chi connectivity index (χ4n) is 2.05. The summed E-state index contributed by atoms with van der Waals surface area (Å²) in [5.41, 5.74) is 0. The highest BCUT2D eigenvalue weighted by molar-refractivity contribution is 7.98. The van der Waals surface area contributed by atoms with Crippen LogP contribution in [0.25, 0.3) is 0 Å². The summed E-state index contributed by atoms with van der Waals surface area (Å²) in [4.78, 5) is 0. The van der Waals surface area contributed by atoms with E-state index in [9.17, 15) is 8.42 Å². The maximum atomic E-state index is 12.4. The van der Waals surface area contributed by atoms with Crippen molar-refractivity contribution >= 4 is 33.6 Å². The number of rotatable bonds is 6. The molecule has 1 unspecified atom stereocenters.